The molecule has 2 N–H and O–H groups in total. The molecule has 11 heteroatoms. The van der Waals surface area contributed by atoms with E-state index in [9.17, 15) is 19.2 Å². The first-order chi connectivity index (χ1) is 15.0. The molecule has 0 unspecified atom stereocenters. The zero-order valence-corrected chi connectivity index (χ0v) is 18.7. The number of benzene rings is 1. The minimum Gasteiger partial charge on any atom is -0.461 e. The summed E-state index contributed by atoms with van der Waals surface area (Å²) in [6, 6.07) is 3.18. The molecule has 2 atom stereocenters. The first-order valence-corrected chi connectivity index (χ1v) is 9.81. The Labute approximate surface area is 186 Å². The lowest BCUT2D eigenvalue weighted by Gasteiger charge is -2.17. The second-order valence-electron chi connectivity index (χ2n) is 7.23. The number of ether oxygens (including phenoxy) is 6. The first kappa shape index (κ1) is 26.7. The average molecular weight is 455 g/mol. The molecule has 1 rings (SSSR count). The van der Waals surface area contributed by atoms with Crippen LogP contribution in [0.1, 0.15) is 32.8 Å². The highest BCUT2D eigenvalue weighted by molar-refractivity contribution is 5.76. The third-order valence-electron chi connectivity index (χ3n) is 3.85. The van der Waals surface area contributed by atoms with Crippen LogP contribution in [-0.4, -0.2) is 57.2 Å². The minimum absolute atomic E-state index is 0.0242. The molecule has 0 radical (unpaired) electrons. The van der Waals surface area contributed by atoms with Crippen molar-refractivity contribution in [3.63, 3.8) is 0 Å². The molecule has 0 saturated carbocycles. The van der Waals surface area contributed by atoms with Gasteiger partial charge in [-0.2, -0.15) is 0 Å². The highest BCUT2D eigenvalue weighted by Crippen LogP contribution is 2.29. The Morgan fingerprint density at radius 3 is 2.09 bits per heavy atom. The average Bonchev–Trinajstić information content (AvgIpc) is 2.72. The van der Waals surface area contributed by atoms with Gasteiger partial charge in [-0.05, 0) is 37.0 Å². The van der Waals surface area contributed by atoms with Gasteiger partial charge in [0.15, 0.2) is 11.5 Å². The molecular weight excluding hydrogens is 426 g/mol. The van der Waals surface area contributed by atoms with Crippen molar-refractivity contribution < 1.29 is 47.6 Å². The largest absolute Gasteiger partial charge is 0.513 e. The summed E-state index contributed by atoms with van der Waals surface area (Å²) in [5.41, 5.74) is 6.39. The molecule has 178 valence electrons. The van der Waals surface area contributed by atoms with Crippen LogP contribution >= 0.6 is 0 Å². The number of nitrogens with two attached hydrogens (primary N) is 1. The van der Waals surface area contributed by atoms with Crippen LogP contribution in [0.2, 0.25) is 0 Å². The van der Waals surface area contributed by atoms with E-state index in [0.29, 0.717) is 5.56 Å². The Hall–Kier alpha value is -3.34. The van der Waals surface area contributed by atoms with Crippen molar-refractivity contribution in [1.82, 2.24) is 0 Å². The predicted octanol–water partition coefficient (Wildman–Crippen LogP) is 2.37. The third kappa shape index (κ3) is 9.65. The van der Waals surface area contributed by atoms with Gasteiger partial charge < -0.3 is 34.2 Å². The minimum atomic E-state index is -1.05. The molecule has 0 aliphatic carbocycles. The van der Waals surface area contributed by atoms with Crippen LogP contribution in [0.15, 0.2) is 18.2 Å². The molecule has 0 bridgehead atoms. The SMILES string of the molecule is COC(=O)Oc1ccc(C[C@H](N)C(=O)OC[C@H](C)OC(=O)CC(C)C)cc1OC(=O)OC. The van der Waals surface area contributed by atoms with Crippen molar-refractivity contribution in [3.05, 3.63) is 23.8 Å². The molecule has 0 amide bonds. The monoisotopic (exact) mass is 455 g/mol. The molecule has 0 aliphatic heterocycles. The maximum absolute atomic E-state index is 12.2. The first-order valence-electron chi connectivity index (χ1n) is 9.81. The summed E-state index contributed by atoms with van der Waals surface area (Å²) in [6.07, 6.45) is -2.38. The molecule has 0 fully saturated rings. The van der Waals surface area contributed by atoms with Crippen LogP contribution in [0, 0.1) is 5.92 Å². The Morgan fingerprint density at radius 1 is 0.938 bits per heavy atom. The van der Waals surface area contributed by atoms with E-state index in [1.54, 1.807) is 6.92 Å². The van der Waals surface area contributed by atoms with E-state index in [1.807, 2.05) is 13.8 Å². The van der Waals surface area contributed by atoms with Crippen molar-refractivity contribution in [2.24, 2.45) is 11.7 Å². The lowest BCUT2D eigenvalue weighted by Crippen LogP contribution is -2.36. The molecule has 11 nitrogen and oxygen atoms in total. The van der Waals surface area contributed by atoms with Crippen molar-refractivity contribution >= 4 is 24.2 Å². The fourth-order valence-corrected chi connectivity index (χ4v) is 2.39. The zero-order chi connectivity index (χ0) is 24.3. The summed E-state index contributed by atoms with van der Waals surface area (Å²) in [5.74, 6) is -1.16. The smallest absolute Gasteiger partial charge is 0.461 e. The fraction of sp³-hybridized carbons (Fsp3) is 0.524. The van der Waals surface area contributed by atoms with Gasteiger partial charge in [-0.1, -0.05) is 19.9 Å². The number of hydrogen-bond acceptors (Lipinski definition) is 11. The van der Waals surface area contributed by atoms with Crippen molar-refractivity contribution in [1.29, 1.82) is 0 Å². The molecule has 0 heterocycles. The van der Waals surface area contributed by atoms with E-state index in [-0.39, 0.29) is 42.8 Å². The lowest BCUT2D eigenvalue weighted by molar-refractivity contribution is -0.159. The Balaban J connectivity index is 2.73. The molecule has 0 spiro atoms. The van der Waals surface area contributed by atoms with E-state index < -0.39 is 30.4 Å². The van der Waals surface area contributed by atoms with Gasteiger partial charge in [0.1, 0.15) is 18.8 Å². The quantitative estimate of drug-likeness (QED) is 0.315. The Morgan fingerprint density at radius 2 is 1.53 bits per heavy atom. The summed E-state index contributed by atoms with van der Waals surface area (Å²) in [5, 5.41) is 0. The highest BCUT2D eigenvalue weighted by atomic mass is 16.7. The van der Waals surface area contributed by atoms with Crippen LogP contribution in [-0.2, 0) is 35.0 Å². The summed E-state index contributed by atoms with van der Waals surface area (Å²) in [4.78, 5) is 46.7. The number of hydrogen-bond donors (Lipinski definition) is 1. The number of carbonyl (C=O) groups is 4. The fourth-order valence-electron chi connectivity index (χ4n) is 2.39. The van der Waals surface area contributed by atoms with Crippen molar-refractivity contribution in [2.75, 3.05) is 20.8 Å². The van der Waals surface area contributed by atoms with Crippen LogP contribution in [0.25, 0.3) is 0 Å². The molecule has 1 aromatic rings. The summed E-state index contributed by atoms with van der Waals surface area (Å²) in [7, 11) is 2.23. The van der Waals surface area contributed by atoms with Gasteiger partial charge in [0.25, 0.3) is 0 Å². The van der Waals surface area contributed by atoms with Crippen molar-refractivity contribution in [3.8, 4) is 11.5 Å². The normalized spacial score (nSPS) is 12.3. The molecule has 0 aromatic heterocycles. The Bertz CT molecular complexity index is 808. The standard InChI is InChI=1S/C21H29NO10/c1-12(2)8-18(23)30-13(3)11-29-19(24)15(22)9-14-6-7-16(31-20(25)27-4)17(10-14)32-21(26)28-5/h6-7,10,12-13,15H,8-9,11,22H2,1-5H3/t13-,15-/m0/s1. The van der Waals surface area contributed by atoms with Crippen LogP contribution in [0.3, 0.4) is 0 Å². The number of carbonyl (C=O) groups excluding carboxylic acids is 4. The van der Waals surface area contributed by atoms with Gasteiger partial charge in [0.2, 0.25) is 0 Å². The van der Waals surface area contributed by atoms with E-state index in [2.05, 4.69) is 9.47 Å². The molecular formula is C21H29NO10. The number of esters is 2. The van der Waals surface area contributed by atoms with Gasteiger partial charge in [0.05, 0.1) is 14.2 Å². The van der Waals surface area contributed by atoms with Crippen LogP contribution < -0.4 is 15.2 Å². The van der Waals surface area contributed by atoms with Crippen LogP contribution in [0.5, 0.6) is 11.5 Å². The van der Waals surface area contributed by atoms with E-state index in [4.69, 9.17) is 24.7 Å². The summed E-state index contributed by atoms with van der Waals surface area (Å²) in [6.45, 7) is 5.24. The van der Waals surface area contributed by atoms with E-state index >= 15 is 0 Å². The van der Waals surface area contributed by atoms with Gasteiger partial charge in [0, 0.05) is 6.42 Å². The van der Waals surface area contributed by atoms with Gasteiger partial charge in [-0.25, -0.2) is 9.59 Å². The van der Waals surface area contributed by atoms with Crippen LogP contribution in [0.4, 0.5) is 9.59 Å². The lowest BCUT2D eigenvalue weighted by atomic mass is 10.1. The molecule has 1 aromatic carbocycles. The maximum atomic E-state index is 12.2. The third-order valence-corrected chi connectivity index (χ3v) is 3.85. The van der Waals surface area contributed by atoms with E-state index in [1.165, 1.54) is 18.2 Å². The number of methoxy groups -OCH3 is 2. The topological polar surface area (TPSA) is 150 Å². The van der Waals surface area contributed by atoms with Gasteiger partial charge in [-0.3, -0.25) is 9.59 Å². The van der Waals surface area contributed by atoms with Gasteiger partial charge in [-0.15, -0.1) is 0 Å². The summed E-state index contributed by atoms with van der Waals surface area (Å²) < 4.78 is 29.0. The second kappa shape index (κ2) is 13.2. The Kier molecular flexibility index (Phi) is 11.0. The summed E-state index contributed by atoms with van der Waals surface area (Å²) >= 11 is 0. The van der Waals surface area contributed by atoms with Crippen molar-refractivity contribution in [2.45, 2.75) is 45.8 Å². The molecule has 0 saturated heterocycles. The van der Waals surface area contributed by atoms with E-state index in [0.717, 1.165) is 14.2 Å². The molecule has 0 aliphatic rings. The maximum Gasteiger partial charge on any atom is 0.513 e. The molecule has 32 heavy (non-hydrogen) atoms. The van der Waals surface area contributed by atoms with Gasteiger partial charge >= 0.3 is 24.2 Å². The number of rotatable bonds is 10. The predicted molar refractivity (Wildman–Crippen MR) is 110 cm³/mol. The zero-order valence-electron chi connectivity index (χ0n) is 18.7. The highest BCUT2D eigenvalue weighted by Gasteiger charge is 2.21. The second-order valence-corrected chi connectivity index (χ2v) is 7.23.